The number of carbonyl (C=O) groups excluding carboxylic acids is 1. The molecule has 1 unspecified atom stereocenters. The number of hydrogen-bond donors (Lipinski definition) is 2. The number of hydrogen-bond acceptors (Lipinski definition) is 4. The summed E-state index contributed by atoms with van der Waals surface area (Å²) in [4.78, 5) is 23.1. The van der Waals surface area contributed by atoms with Gasteiger partial charge in [0.15, 0.2) is 0 Å². The van der Waals surface area contributed by atoms with Gasteiger partial charge in [-0.15, -0.1) is 0 Å². The van der Waals surface area contributed by atoms with Crippen LogP contribution in [0.3, 0.4) is 0 Å². The van der Waals surface area contributed by atoms with E-state index in [1.165, 1.54) is 22.9 Å². The predicted molar refractivity (Wildman–Crippen MR) is 69.2 cm³/mol. The van der Waals surface area contributed by atoms with Crippen LogP contribution in [0.1, 0.15) is 6.92 Å². The van der Waals surface area contributed by atoms with Crippen LogP contribution in [0.5, 0.6) is 0 Å². The minimum absolute atomic E-state index is 0.0242. The Morgan fingerprint density at radius 2 is 2.28 bits per heavy atom. The van der Waals surface area contributed by atoms with Crippen LogP contribution in [0.4, 0.5) is 5.69 Å². The van der Waals surface area contributed by atoms with Crippen LogP contribution >= 0.6 is 0 Å². The topological polar surface area (TPSA) is 86.3 Å². The summed E-state index contributed by atoms with van der Waals surface area (Å²) in [7, 11) is 1.62. The molecule has 0 saturated carbocycles. The van der Waals surface area contributed by atoms with Crippen LogP contribution in [0.2, 0.25) is 0 Å². The van der Waals surface area contributed by atoms with Crippen molar-refractivity contribution in [2.75, 3.05) is 26.0 Å². The van der Waals surface area contributed by atoms with E-state index in [0.717, 1.165) is 0 Å². The Labute approximate surface area is 106 Å². The average Bonchev–Trinajstić information content (AvgIpc) is 2.32. The van der Waals surface area contributed by atoms with E-state index in [0.29, 0.717) is 18.8 Å². The summed E-state index contributed by atoms with van der Waals surface area (Å²) in [5.74, 6) is 0.0159. The first-order valence-corrected chi connectivity index (χ1v) is 5.74. The van der Waals surface area contributed by atoms with Crippen molar-refractivity contribution in [3.63, 3.8) is 0 Å². The van der Waals surface area contributed by atoms with Gasteiger partial charge in [-0.1, -0.05) is 6.92 Å². The van der Waals surface area contributed by atoms with Crippen molar-refractivity contribution in [1.29, 1.82) is 0 Å². The molecule has 0 fully saturated rings. The molecular formula is C12H19N3O3. The molecule has 6 nitrogen and oxygen atoms in total. The maximum Gasteiger partial charge on any atom is 0.251 e. The van der Waals surface area contributed by atoms with Crippen LogP contribution in [-0.4, -0.2) is 30.7 Å². The number of amides is 1. The third kappa shape index (κ3) is 4.58. The molecule has 6 heteroatoms. The first-order valence-electron chi connectivity index (χ1n) is 5.74. The molecule has 3 N–H and O–H groups in total. The number of nitrogens with two attached hydrogens (primary N) is 1. The Hall–Kier alpha value is -1.82. The molecule has 1 rings (SSSR count). The first kappa shape index (κ1) is 14.2. The number of aromatic nitrogens is 1. The van der Waals surface area contributed by atoms with Gasteiger partial charge in [-0.25, -0.2) is 0 Å². The van der Waals surface area contributed by atoms with Crippen molar-refractivity contribution in [2.45, 2.75) is 13.5 Å². The van der Waals surface area contributed by atoms with Gasteiger partial charge in [-0.05, 0) is 12.0 Å². The number of anilines is 1. The summed E-state index contributed by atoms with van der Waals surface area (Å²) >= 11 is 0. The van der Waals surface area contributed by atoms with Gasteiger partial charge in [0, 0.05) is 31.6 Å². The van der Waals surface area contributed by atoms with E-state index in [1.54, 1.807) is 7.11 Å². The van der Waals surface area contributed by atoms with Gasteiger partial charge in [0.25, 0.3) is 5.56 Å². The Kier molecular flexibility index (Phi) is 5.38. The molecule has 18 heavy (non-hydrogen) atoms. The second kappa shape index (κ2) is 6.80. The number of rotatable bonds is 6. The molecule has 0 aliphatic carbocycles. The van der Waals surface area contributed by atoms with Crippen molar-refractivity contribution in [1.82, 2.24) is 9.88 Å². The zero-order valence-corrected chi connectivity index (χ0v) is 10.7. The summed E-state index contributed by atoms with van der Waals surface area (Å²) < 4.78 is 6.25. The van der Waals surface area contributed by atoms with E-state index in [1.807, 2.05) is 6.92 Å². The molecule has 0 aliphatic rings. The van der Waals surface area contributed by atoms with Crippen molar-refractivity contribution in [3.8, 4) is 0 Å². The Balaban J connectivity index is 2.49. The van der Waals surface area contributed by atoms with Gasteiger partial charge in [-0.3, -0.25) is 9.59 Å². The third-order valence-corrected chi connectivity index (χ3v) is 2.42. The zero-order chi connectivity index (χ0) is 13.5. The second-order valence-electron chi connectivity index (χ2n) is 4.29. The SMILES string of the molecule is COCC(C)CNC(=O)Cn1cc(N)ccc1=O. The monoisotopic (exact) mass is 253 g/mol. The molecular weight excluding hydrogens is 234 g/mol. The Morgan fingerprint density at radius 3 is 2.94 bits per heavy atom. The minimum atomic E-state index is -0.246. The van der Waals surface area contributed by atoms with Gasteiger partial charge in [-0.2, -0.15) is 0 Å². The molecule has 1 aromatic heterocycles. The number of nitrogens with zero attached hydrogens (tertiary/aromatic N) is 1. The lowest BCUT2D eigenvalue weighted by atomic mass is 10.2. The van der Waals surface area contributed by atoms with Crippen LogP contribution in [0.15, 0.2) is 23.1 Å². The van der Waals surface area contributed by atoms with Crippen LogP contribution in [0.25, 0.3) is 0 Å². The molecule has 0 aromatic carbocycles. The van der Waals surface area contributed by atoms with E-state index in [2.05, 4.69) is 5.32 Å². The Bertz CT molecular complexity index is 456. The normalized spacial score (nSPS) is 12.1. The highest BCUT2D eigenvalue weighted by atomic mass is 16.5. The number of nitrogens with one attached hydrogen (secondary N) is 1. The average molecular weight is 253 g/mol. The van der Waals surface area contributed by atoms with Gasteiger partial charge in [0.1, 0.15) is 6.54 Å². The number of ether oxygens (including phenoxy) is 1. The summed E-state index contributed by atoms with van der Waals surface area (Å²) in [6, 6.07) is 2.85. The summed E-state index contributed by atoms with van der Waals surface area (Å²) in [5.41, 5.74) is 5.76. The van der Waals surface area contributed by atoms with Gasteiger partial charge in [0.05, 0.1) is 6.61 Å². The second-order valence-corrected chi connectivity index (χ2v) is 4.29. The number of nitrogen functional groups attached to an aromatic ring is 1. The molecule has 0 radical (unpaired) electrons. The van der Waals surface area contributed by atoms with Gasteiger partial charge < -0.3 is 20.4 Å². The summed E-state index contributed by atoms with van der Waals surface area (Å²) in [6.45, 7) is 3.04. The molecule has 0 spiro atoms. The standard InChI is InChI=1S/C12H19N3O3/c1-9(8-18-2)5-14-11(16)7-15-6-10(13)3-4-12(15)17/h3-4,6,9H,5,7-8,13H2,1-2H3,(H,14,16). The number of carbonyl (C=O) groups is 1. The number of pyridine rings is 1. The van der Waals surface area contributed by atoms with E-state index in [4.69, 9.17) is 10.5 Å². The molecule has 1 heterocycles. The zero-order valence-electron chi connectivity index (χ0n) is 10.7. The fourth-order valence-corrected chi connectivity index (χ4v) is 1.52. The van der Waals surface area contributed by atoms with Crippen molar-refractivity contribution in [2.24, 2.45) is 5.92 Å². The van der Waals surface area contributed by atoms with Crippen LogP contribution in [0, 0.1) is 5.92 Å². The lowest BCUT2D eigenvalue weighted by Crippen LogP contribution is -2.35. The molecule has 100 valence electrons. The van der Waals surface area contributed by atoms with Gasteiger partial charge >= 0.3 is 0 Å². The highest BCUT2D eigenvalue weighted by molar-refractivity contribution is 5.75. The first-order chi connectivity index (χ1) is 8.52. The molecule has 1 amide bonds. The molecule has 1 atom stereocenters. The molecule has 0 aliphatic heterocycles. The third-order valence-electron chi connectivity index (χ3n) is 2.42. The van der Waals surface area contributed by atoms with E-state index in [-0.39, 0.29) is 23.9 Å². The van der Waals surface area contributed by atoms with E-state index < -0.39 is 0 Å². The highest BCUT2D eigenvalue weighted by Crippen LogP contribution is 1.96. The van der Waals surface area contributed by atoms with Crippen molar-refractivity contribution in [3.05, 3.63) is 28.7 Å². The molecule has 0 bridgehead atoms. The quantitative estimate of drug-likeness (QED) is 0.737. The molecule has 1 aromatic rings. The van der Waals surface area contributed by atoms with Crippen molar-refractivity contribution >= 4 is 11.6 Å². The maximum atomic E-state index is 11.6. The van der Waals surface area contributed by atoms with Gasteiger partial charge in [0.2, 0.25) is 5.91 Å². The smallest absolute Gasteiger partial charge is 0.251 e. The maximum absolute atomic E-state index is 11.6. The summed E-state index contributed by atoms with van der Waals surface area (Å²) in [5, 5.41) is 2.74. The lowest BCUT2D eigenvalue weighted by molar-refractivity contribution is -0.121. The number of methoxy groups -OCH3 is 1. The van der Waals surface area contributed by atoms with Crippen molar-refractivity contribution < 1.29 is 9.53 Å². The fraction of sp³-hybridized carbons (Fsp3) is 0.500. The minimum Gasteiger partial charge on any atom is -0.398 e. The fourth-order valence-electron chi connectivity index (χ4n) is 1.52. The van der Waals surface area contributed by atoms with Crippen LogP contribution < -0.4 is 16.6 Å². The summed E-state index contributed by atoms with van der Waals surface area (Å²) in [6.07, 6.45) is 1.46. The highest BCUT2D eigenvalue weighted by Gasteiger charge is 2.07. The lowest BCUT2D eigenvalue weighted by Gasteiger charge is -2.12. The van der Waals surface area contributed by atoms with E-state index >= 15 is 0 Å². The Morgan fingerprint density at radius 1 is 1.56 bits per heavy atom. The predicted octanol–water partition coefficient (Wildman–Crippen LogP) is -0.171. The van der Waals surface area contributed by atoms with E-state index in [9.17, 15) is 9.59 Å². The molecule has 0 saturated heterocycles. The largest absolute Gasteiger partial charge is 0.398 e. The van der Waals surface area contributed by atoms with Crippen LogP contribution in [-0.2, 0) is 16.1 Å².